The molecular weight excluding hydrogens is 457 g/mol. The molecule has 1 aromatic rings. The van der Waals surface area contributed by atoms with Crippen LogP contribution in [0.3, 0.4) is 0 Å². The Morgan fingerprint density at radius 1 is 1.16 bits per heavy atom. The van der Waals surface area contributed by atoms with E-state index in [1.807, 2.05) is 27.7 Å². The Kier molecular flexibility index (Phi) is 9.67. The highest BCUT2D eigenvalue weighted by atomic mass is 32.2. The predicted molar refractivity (Wildman–Crippen MR) is 129 cm³/mol. The van der Waals surface area contributed by atoms with Crippen molar-refractivity contribution in [3.63, 3.8) is 0 Å². The molecule has 0 amide bonds. The lowest BCUT2D eigenvalue weighted by molar-refractivity contribution is -0.384. The number of nitro groups is 1. The van der Waals surface area contributed by atoms with Crippen molar-refractivity contribution < 1.29 is 23.3 Å². The Balaban J connectivity index is 2.63. The molecule has 0 radical (unpaired) electrons. The number of hydrogen-bond acceptors (Lipinski definition) is 8. The SMILES string of the molecule is CCOP(=O)(OCC)C1=C(SCC)S[C@@H](OC(C)(C)C)C[C@@H]1c1ccc([N+](=O)[O-])cc1. The van der Waals surface area contributed by atoms with Gasteiger partial charge in [-0.3, -0.25) is 14.7 Å². The molecule has 0 saturated carbocycles. The lowest BCUT2D eigenvalue weighted by atomic mass is 9.95. The topological polar surface area (TPSA) is 87.9 Å². The van der Waals surface area contributed by atoms with Gasteiger partial charge in [0.15, 0.2) is 0 Å². The fourth-order valence-corrected chi connectivity index (χ4v) is 8.86. The largest absolute Gasteiger partial charge is 0.362 e. The second-order valence-corrected chi connectivity index (χ2v) is 12.5. The zero-order valence-electron chi connectivity index (χ0n) is 19.0. The molecule has 2 atom stereocenters. The van der Waals surface area contributed by atoms with E-state index in [0.29, 0.717) is 11.7 Å². The molecule has 0 unspecified atom stereocenters. The molecule has 174 valence electrons. The number of hydrogen-bond donors (Lipinski definition) is 0. The summed E-state index contributed by atoms with van der Waals surface area (Å²) in [6, 6.07) is 6.41. The van der Waals surface area contributed by atoms with E-state index in [1.165, 1.54) is 12.1 Å². The van der Waals surface area contributed by atoms with E-state index in [4.69, 9.17) is 13.8 Å². The van der Waals surface area contributed by atoms with Crippen LogP contribution in [0.25, 0.3) is 0 Å². The van der Waals surface area contributed by atoms with E-state index in [-0.39, 0.29) is 35.9 Å². The quantitative estimate of drug-likeness (QED) is 0.195. The average Bonchev–Trinajstić information content (AvgIpc) is 2.67. The molecule has 1 aliphatic heterocycles. The Hall–Kier alpha value is -0.830. The highest BCUT2D eigenvalue weighted by Gasteiger charge is 2.44. The molecule has 7 nitrogen and oxygen atoms in total. The van der Waals surface area contributed by atoms with Gasteiger partial charge >= 0.3 is 7.60 Å². The monoisotopic (exact) mass is 489 g/mol. The number of benzene rings is 1. The van der Waals surface area contributed by atoms with Gasteiger partial charge in [0, 0.05) is 18.1 Å². The summed E-state index contributed by atoms with van der Waals surface area (Å²) in [7, 11) is -3.56. The molecule has 2 rings (SSSR count). The molecule has 0 bridgehead atoms. The van der Waals surface area contributed by atoms with Crippen molar-refractivity contribution in [1.29, 1.82) is 0 Å². The van der Waals surface area contributed by atoms with Gasteiger partial charge in [0.05, 0.1) is 33.3 Å². The minimum Gasteiger partial charge on any atom is -0.362 e. The summed E-state index contributed by atoms with van der Waals surface area (Å²) in [6.45, 7) is 12.2. The summed E-state index contributed by atoms with van der Waals surface area (Å²) < 4.78 is 32.6. The zero-order chi connectivity index (χ0) is 23.2. The van der Waals surface area contributed by atoms with Crippen molar-refractivity contribution in [3.05, 3.63) is 49.5 Å². The van der Waals surface area contributed by atoms with Gasteiger partial charge in [-0.25, -0.2) is 0 Å². The van der Waals surface area contributed by atoms with Crippen molar-refractivity contribution in [3.8, 4) is 0 Å². The van der Waals surface area contributed by atoms with Crippen molar-refractivity contribution >= 4 is 36.8 Å². The Labute approximate surface area is 193 Å². The second kappa shape index (κ2) is 11.3. The predicted octanol–water partition coefficient (Wildman–Crippen LogP) is 7.14. The van der Waals surface area contributed by atoms with Crippen LogP contribution in [0.5, 0.6) is 0 Å². The van der Waals surface area contributed by atoms with Gasteiger partial charge in [-0.05, 0) is 52.4 Å². The molecule has 0 saturated heterocycles. The molecule has 10 heteroatoms. The maximum Gasteiger partial charge on any atom is 0.359 e. The maximum absolute atomic E-state index is 13.9. The summed E-state index contributed by atoms with van der Waals surface area (Å²) in [5, 5.41) is 11.7. The van der Waals surface area contributed by atoms with E-state index in [9.17, 15) is 14.7 Å². The van der Waals surface area contributed by atoms with Gasteiger partial charge in [-0.1, -0.05) is 30.8 Å². The lowest BCUT2D eigenvalue weighted by Gasteiger charge is -2.38. The van der Waals surface area contributed by atoms with Gasteiger partial charge in [-0.15, -0.1) is 11.8 Å². The zero-order valence-corrected chi connectivity index (χ0v) is 21.5. The van der Waals surface area contributed by atoms with Crippen LogP contribution in [-0.4, -0.2) is 34.9 Å². The van der Waals surface area contributed by atoms with Crippen molar-refractivity contribution in [1.82, 2.24) is 0 Å². The minimum absolute atomic E-state index is 0.0166. The van der Waals surface area contributed by atoms with Crippen molar-refractivity contribution in [2.75, 3.05) is 19.0 Å². The number of rotatable bonds is 10. The number of ether oxygens (including phenoxy) is 1. The lowest BCUT2D eigenvalue weighted by Crippen LogP contribution is -2.29. The fourth-order valence-electron chi connectivity index (χ4n) is 3.32. The molecule has 0 spiro atoms. The summed E-state index contributed by atoms with van der Waals surface area (Å²) >= 11 is 3.15. The number of allylic oxidation sites excluding steroid dienone is 1. The number of nitrogens with zero attached hydrogens (tertiary/aromatic N) is 1. The van der Waals surface area contributed by atoms with Crippen LogP contribution >= 0.6 is 31.1 Å². The third-order valence-electron chi connectivity index (χ3n) is 4.37. The van der Waals surface area contributed by atoms with E-state index in [2.05, 4.69) is 0 Å². The molecule has 0 N–H and O–H groups in total. The molecule has 0 aromatic heterocycles. The number of non-ortho nitro benzene ring substituents is 1. The third kappa shape index (κ3) is 7.07. The fraction of sp³-hybridized carbons (Fsp3) is 0.619. The molecule has 1 heterocycles. The van der Waals surface area contributed by atoms with Crippen LogP contribution < -0.4 is 0 Å². The van der Waals surface area contributed by atoms with Crippen LogP contribution in [0.2, 0.25) is 0 Å². The van der Waals surface area contributed by atoms with Gasteiger partial charge in [-0.2, -0.15) is 0 Å². The minimum atomic E-state index is -3.56. The van der Waals surface area contributed by atoms with Crippen molar-refractivity contribution in [2.45, 2.75) is 64.9 Å². The van der Waals surface area contributed by atoms with Gasteiger partial charge < -0.3 is 13.8 Å². The van der Waals surface area contributed by atoms with Crippen molar-refractivity contribution in [2.24, 2.45) is 0 Å². The van der Waals surface area contributed by atoms with Crippen LogP contribution in [0.15, 0.2) is 33.8 Å². The maximum atomic E-state index is 13.9. The summed E-state index contributed by atoms with van der Waals surface area (Å²) in [4.78, 5) is 10.7. The molecular formula is C21H32NO6PS2. The highest BCUT2D eigenvalue weighted by molar-refractivity contribution is 8.22. The van der Waals surface area contributed by atoms with E-state index < -0.39 is 12.5 Å². The van der Waals surface area contributed by atoms with Gasteiger partial charge in [0.1, 0.15) is 5.44 Å². The highest BCUT2D eigenvalue weighted by Crippen LogP contribution is 2.67. The van der Waals surface area contributed by atoms with Crippen LogP contribution in [0.4, 0.5) is 5.69 Å². The van der Waals surface area contributed by atoms with Gasteiger partial charge in [0.25, 0.3) is 5.69 Å². The number of thioether (sulfide) groups is 2. The summed E-state index contributed by atoms with van der Waals surface area (Å²) in [6.07, 6.45) is 0.562. The summed E-state index contributed by atoms with van der Waals surface area (Å²) in [5.41, 5.74) is 0.343. The molecule has 0 aliphatic carbocycles. The normalized spacial score (nSPS) is 20.2. The van der Waals surface area contributed by atoms with E-state index in [1.54, 1.807) is 49.5 Å². The van der Waals surface area contributed by atoms with Crippen LogP contribution in [0, 0.1) is 10.1 Å². The third-order valence-corrected chi connectivity index (χ3v) is 9.39. The smallest absolute Gasteiger partial charge is 0.359 e. The molecule has 1 aromatic carbocycles. The van der Waals surface area contributed by atoms with Crippen LogP contribution in [-0.2, 0) is 18.3 Å². The molecule has 1 aliphatic rings. The first-order valence-corrected chi connectivity index (χ1v) is 13.8. The average molecular weight is 490 g/mol. The van der Waals surface area contributed by atoms with E-state index >= 15 is 0 Å². The Morgan fingerprint density at radius 3 is 2.19 bits per heavy atom. The molecule has 31 heavy (non-hydrogen) atoms. The second-order valence-electron chi connectivity index (χ2n) is 7.85. The first-order valence-electron chi connectivity index (χ1n) is 10.4. The molecule has 0 fully saturated rings. The van der Waals surface area contributed by atoms with E-state index in [0.717, 1.165) is 15.6 Å². The number of nitro benzene ring substituents is 1. The Morgan fingerprint density at radius 2 is 1.74 bits per heavy atom. The standard InChI is InChI=1S/C21H32NO6PS2/c1-7-26-29(25,27-8-2)19-17(15-10-12-16(13-11-15)22(23)24)14-18(28-21(4,5)6)31-20(19)30-9-3/h10-13,17-18H,7-9,14H2,1-6H3/t17-,18-/m1/s1. The first kappa shape index (κ1) is 26.4. The van der Waals surface area contributed by atoms with Gasteiger partial charge in [0.2, 0.25) is 0 Å². The van der Waals surface area contributed by atoms with Crippen LogP contribution in [0.1, 0.15) is 59.4 Å². The summed E-state index contributed by atoms with van der Waals surface area (Å²) in [5.74, 6) is 0.492. The first-order chi connectivity index (χ1) is 14.5. The Bertz CT molecular complexity index is 827.